The van der Waals surface area contributed by atoms with Crippen LogP contribution in [0.15, 0.2) is 42.5 Å². The van der Waals surface area contributed by atoms with Gasteiger partial charge in [0.25, 0.3) is 5.91 Å². The fourth-order valence-electron chi connectivity index (χ4n) is 4.19. The number of benzene rings is 2. The molecule has 2 unspecified atom stereocenters. The normalized spacial score (nSPS) is 20.2. The van der Waals surface area contributed by atoms with E-state index in [2.05, 4.69) is 11.4 Å². The number of ether oxygens (including phenoxy) is 1. The number of anilines is 1. The molecule has 0 bridgehead atoms. The van der Waals surface area contributed by atoms with Crippen LogP contribution in [0.1, 0.15) is 37.0 Å². The molecule has 8 heteroatoms. The van der Waals surface area contributed by atoms with Gasteiger partial charge in [-0.3, -0.25) is 9.69 Å². The van der Waals surface area contributed by atoms with Crippen LogP contribution in [0.25, 0.3) is 0 Å². The van der Waals surface area contributed by atoms with Crippen molar-refractivity contribution < 1.29 is 14.3 Å². The Morgan fingerprint density at radius 3 is 2.88 bits per heavy atom. The monoisotopic (exact) mass is 450 g/mol. The molecule has 32 heavy (non-hydrogen) atoms. The van der Waals surface area contributed by atoms with Crippen LogP contribution in [0, 0.1) is 11.3 Å². The number of hydrogen-bond donors (Lipinski definition) is 1. The zero-order valence-corrected chi connectivity index (χ0v) is 19.2. The van der Waals surface area contributed by atoms with E-state index in [0.29, 0.717) is 30.2 Å². The van der Waals surface area contributed by atoms with Crippen LogP contribution in [0.2, 0.25) is 0 Å². The minimum atomic E-state index is -1.13. The molecule has 4 rings (SSSR count). The van der Waals surface area contributed by atoms with Crippen molar-refractivity contribution in [2.24, 2.45) is 0 Å². The Morgan fingerprint density at radius 1 is 1.34 bits per heavy atom. The molecule has 7 nitrogen and oxygen atoms in total. The molecule has 0 aliphatic carbocycles. The van der Waals surface area contributed by atoms with Crippen LogP contribution in [-0.2, 0) is 16.2 Å². The summed E-state index contributed by atoms with van der Waals surface area (Å²) in [6.45, 7) is 4.76. The lowest BCUT2D eigenvalue weighted by molar-refractivity contribution is -0.123. The number of hydrogen-bond acceptors (Lipinski definition) is 5. The second-order valence-electron chi connectivity index (χ2n) is 7.99. The van der Waals surface area contributed by atoms with E-state index in [9.17, 15) is 14.9 Å². The average Bonchev–Trinajstić information content (AvgIpc) is 3.36. The SMILES string of the molecule is CCC(C)NC(=O)N1CCSC12C(=O)N(Cc1cccc(C#N)c1)c1ccc(OC)cc12. The summed E-state index contributed by atoms with van der Waals surface area (Å²) < 4.78 is 5.44. The van der Waals surface area contributed by atoms with Gasteiger partial charge in [0.15, 0.2) is 4.87 Å². The first-order chi connectivity index (χ1) is 15.4. The van der Waals surface area contributed by atoms with Crippen molar-refractivity contribution in [1.82, 2.24) is 10.2 Å². The Morgan fingerprint density at radius 2 is 2.16 bits per heavy atom. The van der Waals surface area contributed by atoms with Crippen molar-refractivity contribution in [2.75, 3.05) is 24.3 Å². The average molecular weight is 451 g/mol. The lowest BCUT2D eigenvalue weighted by atomic mass is 10.1. The minimum absolute atomic E-state index is 0.0104. The maximum atomic E-state index is 14.0. The highest BCUT2D eigenvalue weighted by molar-refractivity contribution is 8.01. The summed E-state index contributed by atoms with van der Waals surface area (Å²) in [7, 11) is 1.59. The van der Waals surface area contributed by atoms with Crippen LogP contribution in [0.5, 0.6) is 5.75 Å². The number of amides is 3. The highest BCUT2D eigenvalue weighted by atomic mass is 32.2. The van der Waals surface area contributed by atoms with E-state index in [-0.39, 0.29) is 18.0 Å². The Hall–Kier alpha value is -3.18. The number of carbonyl (C=O) groups excluding carboxylic acids is 2. The van der Waals surface area contributed by atoms with Crippen LogP contribution >= 0.6 is 11.8 Å². The van der Waals surface area contributed by atoms with Gasteiger partial charge in [0.2, 0.25) is 0 Å². The molecule has 3 amide bonds. The minimum Gasteiger partial charge on any atom is -0.497 e. The first kappa shape index (κ1) is 22.0. The molecule has 2 aromatic carbocycles. The van der Waals surface area contributed by atoms with E-state index in [0.717, 1.165) is 23.2 Å². The quantitative estimate of drug-likeness (QED) is 0.748. The van der Waals surface area contributed by atoms with Crippen LogP contribution in [0.3, 0.4) is 0 Å². The van der Waals surface area contributed by atoms with Crippen molar-refractivity contribution >= 4 is 29.4 Å². The topological polar surface area (TPSA) is 85.7 Å². The Labute approximate surface area is 192 Å². The maximum absolute atomic E-state index is 14.0. The number of thioether (sulfide) groups is 1. The Kier molecular flexibility index (Phi) is 6.02. The van der Waals surface area contributed by atoms with Gasteiger partial charge in [-0.05, 0) is 49.2 Å². The molecule has 166 valence electrons. The smallest absolute Gasteiger partial charge is 0.319 e. The van der Waals surface area contributed by atoms with Gasteiger partial charge < -0.3 is 15.0 Å². The first-order valence-electron chi connectivity index (χ1n) is 10.7. The van der Waals surface area contributed by atoms with Gasteiger partial charge in [0.1, 0.15) is 5.75 Å². The largest absolute Gasteiger partial charge is 0.497 e. The number of methoxy groups -OCH3 is 1. The standard InChI is InChI=1S/C24H26N4O3S/c1-4-16(2)26-23(30)28-10-11-32-24(28)20-13-19(31-3)8-9-21(20)27(22(24)29)15-18-7-5-6-17(12-18)14-25/h5-9,12-13,16H,4,10-11,15H2,1-3H3,(H,26,30). The predicted molar refractivity (Wildman–Crippen MR) is 124 cm³/mol. The fraction of sp³-hybridized carbons (Fsp3) is 0.375. The number of rotatable bonds is 5. The second-order valence-corrected chi connectivity index (χ2v) is 9.28. The molecular formula is C24H26N4O3S. The molecule has 2 atom stereocenters. The summed E-state index contributed by atoms with van der Waals surface area (Å²) in [5.41, 5.74) is 2.92. The number of nitrogens with one attached hydrogen (secondary N) is 1. The fourth-order valence-corrected chi connectivity index (χ4v) is 5.64. The number of carbonyl (C=O) groups is 2. The number of nitriles is 1. The molecule has 1 spiro atoms. The highest BCUT2D eigenvalue weighted by Gasteiger charge is 2.59. The number of fused-ring (bicyclic) bond motifs is 2. The molecule has 2 heterocycles. The van der Waals surface area contributed by atoms with Gasteiger partial charge >= 0.3 is 6.03 Å². The second kappa shape index (κ2) is 8.75. The Balaban J connectivity index is 1.77. The van der Waals surface area contributed by atoms with E-state index >= 15 is 0 Å². The van der Waals surface area contributed by atoms with Crippen molar-refractivity contribution in [3.63, 3.8) is 0 Å². The van der Waals surface area contributed by atoms with Gasteiger partial charge in [-0.25, -0.2) is 4.79 Å². The van der Waals surface area contributed by atoms with Crippen LogP contribution in [0.4, 0.5) is 10.5 Å². The molecular weight excluding hydrogens is 424 g/mol. The predicted octanol–water partition coefficient (Wildman–Crippen LogP) is 3.82. The first-order valence-corrected chi connectivity index (χ1v) is 11.6. The van der Waals surface area contributed by atoms with Crippen molar-refractivity contribution in [3.05, 3.63) is 59.2 Å². The number of nitrogens with zero attached hydrogens (tertiary/aromatic N) is 3. The van der Waals surface area contributed by atoms with Gasteiger partial charge in [0.05, 0.1) is 31.0 Å². The number of urea groups is 1. The molecule has 1 fully saturated rings. The van der Waals surface area contributed by atoms with Crippen molar-refractivity contribution in [3.8, 4) is 11.8 Å². The molecule has 0 aromatic heterocycles. The van der Waals surface area contributed by atoms with Gasteiger partial charge in [-0.2, -0.15) is 5.26 Å². The Bertz CT molecular complexity index is 1100. The van der Waals surface area contributed by atoms with Crippen LogP contribution in [-0.4, -0.2) is 42.3 Å². The van der Waals surface area contributed by atoms with E-state index in [1.54, 1.807) is 29.0 Å². The summed E-state index contributed by atoms with van der Waals surface area (Å²) in [5.74, 6) is 1.15. The molecule has 2 aliphatic heterocycles. The third-order valence-corrected chi connectivity index (χ3v) is 7.44. The summed E-state index contributed by atoms with van der Waals surface area (Å²) in [5, 5.41) is 12.3. The molecule has 1 saturated heterocycles. The van der Waals surface area contributed by atoms with Gasteiger partial charge in [-0.1, -0.05) is 19.1 Å². The lowest BCUT2D eigenvalue weighted by Gasteiger charge is -2.34. The van der Waals surface area contributed by atoms with E-state index in [4.69, 9.17) is 4.74 Å². The zero-order chi connectivity index (χ0) is 22.9. The van der Waals surface area contributed by atoms with Crippen molar-refractivity contribution in [1.29, 1.82) is 5.26 Å². The lowest BCUT2D eigenvalue weighted by Crippen LogP contribution is -2.54. The molecule has 2 aromatic rings. The van der Waals surface area contributed by atoms with Gasteiger partial charge in [0, 0.05) is 23.9 Å². The van der Waals surface area contributed by atoms with E-state index in [1.807, 2.05) is 44.2 Å². The summed E-state index contributed by atoms with van der Waals surface area (Å²) in [4.78, 5) is 29.4. The molecule has 0 saturated carbocycles. The summed E-state index contributed by atoms with van der Waals surface area (Å²) in [6, 6.07) is 14.7. The third kappa shape index (κ3) is 3.56. The van der Waals surface area contributed by atoms with Crippen molar-refractivity contribution in [2.45, 2.75) is 37.7 Å². The van der Waals surface area contributed by atoms with E-state index in [1.165, 1.54) is 11.8 Å². The molecule has 0 radical (unpaired) electrons. The molecule has 1 N–H and O–H groups in total. The summed E-state index contributed by atoms with van der Waals surface area (Å²) in [6.07, 6.45) is 0.805. The van der Waals surface area contributed by atoms with E-state index < -0.39 is 4.87 Å². The highest BCUT2D eigenvalue weighted by Crippen LogP contribution is 2.55. The third-order valence-electron chi connectivity index (χ3n) is 6.02. The van der Waals surface area contributed by atoms with Gasteiger partial charge in [-0.15, -0.1) is 11.8 Å². The zero-order valence-electron chi connectivity index (χ0n) is 18.4. The summed E-state index contributed by atoms with van der Waals surface area (Å²) >= 11 is 1.48. The molecule has 2 aliphatic rings. The van der Waals surface area contributed by atoms with Crippen LogP contribution < -0.4 is 15.0 Å². The maximum Gasteiger partial charge on any atom is 0.319 e.